The molecule has 0 bridgehead atoms. The summed E-state index contributed by atoms with van der Waals surface area (Å²) >= 11 is 2.01. The van der Waals surface area contributed by atoms with E-state index in [1.165, 1.54) is 0 Å². The van der Waals surface area contributed by atoms with E-state index in [9.17, 15) is 4.79 Å². The van der Waals surface area contributed by atoms with Crippen LogP contribution in [0.25, 0.3) is 0 Å². The van der Waals surface area contributed by atoms with Crippen molar-refractivity contribution in [1.29, 1.82) is 0 Å². The summed E-state index contributed by atoms with van der Waals surface area (Å²) < 4.78 is 12.5. The fraction of sp³-hybridized carbons (Fsp3) is 0.600. The number of hydrogen-bond donors (Lipinski definition) is 0. The van der Waals surface area contributed by atoms with E-state index in [2.05, 4.69) is 5.10 Å². The molecule has 0 saturated carbocycles. The molecule has 0 aliphatic rings. The molecule has 0 atom stereocenters. The Morgan fingerprint density at radius 2 is 2.31 bits per heavy atom. The Labute approximate surface area is 108 Å². The third-order valence-corrected chi connectivity index (χ3v) is 2.58. The van der Waals surface area contributed by atoms with E-state index < -0.39 is 0 Å². The summed E-state index contributed by atoms with van der Waals surface area (Å²) in [6.07, 6.45) is 2.61. The summed E-state index contributed by atoms with van der Waals surface area (Å²) in [5, 5.41) is 4.16. The molecule has 0 aromatic carbocycles. The maximum Gasteiger partial charge on any atom is 0.342 e. The Morgan fingerprint density at radius 1 is 1.56 bits per heavy atom. The molecular formula is C10H15IN2O3. The van der Waals surface area contributed by atoms with Crippen LogP contribution in [0.15, 0.2) is 6.20 Å². The van der Waals surface area contributed by atoms with E-state index in [1.54, 1.807) is 17.8 Å². The Morgan fingerprint density at radius 3 is 2.94 bits per heavy atom. The Kier molecular flexibility index (Phi) is 5.75. The number of esters is 1. The fourth-order valence-corrected chi connectivity index (χ4v) is 1.75. The van der Waals surface area contributed by atoms with Crippen LogP contribution in [0.2, 0.25) is 0 Å². The van der Waals surface area contributed by atoms with Crippen LogP contribution < -0.4 is 0 Å². The van der Waals surface area contributed by atoms with E-state index in [0.29, 0.717) is 29.2 Å². The highest BCUT2D eigenvalue weighted by Crippen LogP contribution is 2.11. The molecule has 0 spiro atoms. The van der Waals surface area contributed by atoms with Crippen LogP contribution in [-0.2, 0) is 16.2 Å². The number of carbonyl (C=O) groups excluding carboxylic acids is 1. The maximum absolute atomic E-state index is 11.5. The van der Waals surface area contributed by atoms with Crippen LogP contribution in [0.3, 0.4) is 0 Å². The van der Waals surface area contributed by atoms with Crippen molar-refractivity contribution in [3.8, 4) is 0 Å². The number of ether oxygens (including phenoxy) is 2. The molecule has 0 radical (unpaired) electrons. The van der Waals surface area contributed by atoms with Gasteiger partial charge in [-0.05, 0) is 35.9 Å². The van der Waals surface area contributed by atoms with Gasteiger partial charge in [0.2, 0.25) is 0 Å². The molecule has 0 aliphatic carbocycles. The van der Waals surface area contributed by atoms with Crippen LogP contribution >= 0.6 is 22.6 Å². The minimum Gasteiger partial charge on any atom is -0.462 e. The third kappa shape index (κ3) is 3.75. The SMILES string of the molecule is CCCOCn1cc(C(=O)OCC)c(I)n1. The van der Waals surface area contributed by atoms with Gasteiger partial charge >= 0.3 is 5.97 Å². The number of rotatable bonds is 6. The van der Waals surface area contributed by atoms with Crippen molar-refractivity contribution < 1.29 is 14.3 Å². The number of aromatic nitrogens is 2. The van der Waals surface area contributed by atoms with Crippen LogP contribution in [0.5, 0.6) is 0 Å². The van der Waals surface area contributed by atoms with Gasteiger partial charge in [-0.3, -0.25) is 0 Å². The molecule has 16 heavy (non-hydrogen) atoms. The zero-order valence-corrected chi connectivity index (χ0v) is 11.6. The summed E-state index contributed by atoms with van der Waals surface area (Å²) in [7, 11) is 0. The van der Waals surface area contributed by atoms with E-state index in [0.717, 1.165) is 6.42 Å². The van der Waals surface area contributed by atoms with E-state index in [1.807, 2.05) is 29.5 Å². The lowest BCUT2D eigenvalue weighted by atomic mass is 10.4. The summed E-state index contributed by atoms with van der Waals surface area (Å²) in [5.41, 5.74) is 0.488. The molecular weight excluding hydrogens is 323 g/mol. The second kappa shape index (κ2) is 6.85. The lowest BCUT2D eigenvalue weighted by Crippen LogP contribution is -2.05. The molecule has 1 heterocycles. The Bertz CT molecular complexity index is 352. The molecule has 90 valence electrons. The van der Waals surface area contributed by atoms with Gasteiger partial charge in [-0.2, -0.15) is 5.10 Å². The predicted octanol–water partition coefficient (Wildman–Crippen LogP) is 2.05. The quantitative estimate of drug-likeness (QED) is 0.453. The first kappa shape index (κ1) is 13.4. The molecule has 5 nitrogen and oxygen atoms in total. The van der Waals surface area contributed by atoms with Gasteiger partial charge in [0.25, 0.3) is 0 Å². The van der Waals surface area contributed by atoms with Crippen molar-refractivity contribution in [2.45, 2.75) is 27.0 Å². The molecule has 0 aliphatic heterocycles. The second-order valence-electron chi connectivity index (χ2n) is 3.13. The van der Waals surface area contributed by atoms with E-state index >= 15 is 0 Å². The van der Waals surface area contributed by atoms with Crippen LogP contribution in [0.4, 0.5) is 0 Å². The van der Waals surface area contributed by atoms with Crippen LogP contribution in [-0.4, -0.2) is 29.0 Å². The first-order valence-electron chi connectivity index (χ1n) is 5.16. The first-order chi connectivity index (χ1) is 7.69. The zero-order chi connectivity index (χ0) is 12.0. The minimum atomic E-state index is -0.339. The third-order valence-electron chi connectivity index (χ3n) is 1.78. The first-order valence-corrected chi connectivity index (χ1v) is 6.24. The van der Waals surface area contributed by atoms with Crippen LogP contribution in [0, 0.1) is 3.70 Å². The molecule has 0 fully saturated rings. The number of halogens is 1. The fourth-order valence-electron chi connectivity index (χ4n) is 1.11. The number of carbonyl (C=O) groups is 1. The zero-order valence-electron chi connectivity index (χ0n) is 9.40. The molecule has 1 aromatic heterocycles. The average Bonchev–Trinajstić information content (AvgIpc) is 2.61. The Hall–Kier alpha value is -0.630. The maximum atomic E-state index is 11.5. The number of hydrogen-bond acceptors (Lipinski definition) is 4. The summed E-state index contributed by atoms with van der Waals surface area (Å²) in [5.74, 6) is -0.339. The largest absolute Gasteiger partial charge is 0.462 e. The van der Waals surface area contributed by atoms with Gasteiger partial charge in [0.1, 0.15) is 16.0 Å². The standard InChI is InChI=1S/C10H15IN2O3/c1-3-5-15-7-13-6-8(9(11)12-13)10(14)16-4-2/h6H,3-5,7H2,1-2H3. The highest BCUT2D eigenvalue weighted by molar-refractivity contribution is 14.1. The molecule has 1 rings (SSSR count). The molecule has 0 amide bonds. The Balaban J connectivity index is 2.62. The van der Waals surface area contributed by atoms with Crippen molar-refractivity contribution in [3.05, 3.63) is 15.5 Å². The smallest absolute Gasteiger partial charge is 0.342 e. The van der Waals surface area contributed by atoms with E-state index in [4.69, 9.17) is 9.47 Å². The van der Waals surface area contributed by atoms with Crippen molar-refractivity contribution in [2.75, 3.05) is 13.2 Å². The second-order valence-corrected chi connectivity index (χ2v) is 4.15. The summed E-state index contributed by atoms with van der Waals surface area (Å²) in [6.45, 7) is 5.23. The highest BCUT2D eigenvalue weighted by Gasteiger charge is 2.15. The van der Waals surface area contributed by atoms with Crippen molar-refractivity contribution >= 4 is 28.6 Å². The van der Waals surface area contributed by atoms with Gasteiger partial charge in [-0.15, -0.1) is 0 Å². The topological polar surface area (TPSA) is 53.4 Å². The predicted molar refractivity (Wildman–Crippen MR) is 67.1 cm³/mol. The van der Waals surface area contributed by atoms with Crippen molar-refractivity contribution in [1.82, 2.24) is 9.78 Å². The molecule has 1 aromatic rings. The van der Waals surface area contributed by atoms with Gasteiger partial charge in [-0.1, -0.05) is 6.92 Å². The molecule has 0 unspecified atom stereocenters. The highest BCUT2D eigenvalue weighted by atomic mass is 127. The van der Waals surface area contributed by atoms with Crippen LogP contribution in [0.1, 0.15) is 30.6 Å². The normalized spacial score (nSPS) is 10.4. The average molecular weight is 338 g/mol. The lowest BCUT2D eigenvalue weighted by Gasteiger charge is -2.01. The molecule has 6 heteroatoms. The molecule has 0 saturated heterocycles. The molecule has 0 N–H and O–H groups in total. The monoisotopic (exact) mass is 338 g/mol. The number of nitrogens with zero attached hydrogens (tertiary/aromatic N) is 2. The van der Waals surface area contributed by atoms with Crippen molar-refractivity contribution in [2.24, 2.45) is 0 Å². The van der Waals surface area contributed by atoms with Crippen molar-refractivity contribution in [3.63, 3.8) is 0 Å². The van der Waals surface area contributed by atoms with Gasteiger partial charge in [0.05, 0.1) is 6.61 Å². The minimum absolute atomic E-state index is 0.339. The van der Waals surface area contributed by atoms with Gasteiger partial charge < -0.3 is 9.47 Å². The summed E-state index contributed by atoms with van der Waals surface area (Å²) in [4.78, 5) is 11.5. The lowest BCUT2D eigenvalue weighted by molar-refractivity contribution is 0.0523. The van der Waals surface area contributed by atoms with Gasteiger partial charge in [-0.25, -0.2) is 9.48 Å². The van der Waals surface area contributed by atoms with Gasteiger partial charge in [0.15, 0.2) is 0 Å². The summed E-state index contributed by atoms with van der Waals surface area (Å²) in [6, 6.07) is 0. The van der Waals surface area contributed by atoms with Gasteiger partial charge in [0, 0.05) is 12.8 Å². The van der Waals surface area contributed by atoms with E-state index in [-0.39, 0.29) is 5.97 Å².